The van der Waals surface area contributed by atoms with Crippen molar-refractivity contribution < 1.29 is 14.3 Å². The number of hydrogen-bond donors (Lipinski definition) is 1. The van der Waals surface area contributed by atoms with Gasteiger partial charge in [-0.2, -0.15) is 4.68 Å². The van der Waals surface area contributed by atoms with Crippen LogP contribution in [0.25, 0.3) is 5.69 Å². The molecule has 1 N–H and O–H groups in total. The lowest BCUT2D eigenvalue weighted by Crippen LogP contribution is -2.50. The maximum absolute atomic E-state index is 15.3. The predicted octanol–water partition coefficient (Wildman–Crippen LogP) is 2.87. The molecule has 1 aromatic carbocycles. The molecule has 0 aliphatic carbocycles. The fraction of sp³-hybridized carbons (Fsp3) is 0.364. The van der Waals surface area contributed by atoms with E-state index in [9.17, 15) is 14.7 Å². The summed E-state index contributed by atoms with van der Waals surface area (Å²) in [5, 5.41) is 13.9. The van der Waals surface area contributed by atoms with Gasteiger partial charge in [0.25, 0.3) is 5.91 Å². The number of halogens is 2. The zero-order chi connectivity index (χ0) is 24.0. The molecule has 0 spiro atoms. The Bertz CT molecular complexity index is 1280. The Kier molecular flexibility index (Phi) is 5.98. The molecular formula is C22H24ClFN6O3. The lowest BCUT2D eigenvalue weighted by molar-refractivity contribution is 0.0981. The Morgan fingerprint density at radius 2 is 1.94 bits per heavy atom. The molecule has 33 heavy (non-hydrogen) atoms. The Labute approximate surface area is 194 Å². The van der Waals surface area contributed by atoms with E-state index in [0.717, 1.165) is 10.7 Å². The third-order valence-electron chi connectivity index (χ3n) is 5.72. The first kappa shape index (κ1) is 22.9. The van der Waals surface area contributed by atoms with Gasteiger partial charge in [-0.1, -0.05) is 11.6 Å². The summed E-state index contributed by atoms with van der Waals surface area (Å²) >= 11 is 6.36. The van der Waals surface area contributed by atoms with E-state index in [1.54, 1.807) is 20.0 Å². The number of fused-ring (bicyclic) bond motifs is 1. The van der Waals surface area contributed by atoms with Gasteiger partial charge in [0.15, 0.2) is 5.82 Å². The van der Waals surface area contributed by atoms with Crippen molar-refractivity contribution in [2.45, 2.75) is 46.9 Å². The van der Waals surface area contributed by atoms with Crippen LogP contribution in [0.15, 0.2) is 29.3 Å². The van der Waals surface area contributed by atoms with Gasteiger partial charge < -0.3 is 10.0 Å². The summed E-state index contributed by atoms with van der Waals surface area (Å²) in [4.78, 5) is 33.7. The molecule has 0 saturated heterocycles. The molecule has 9 nitrogen and oxygen atoms in total. The molecule has 2 aromatic heterocycles. The highest BCUT2D eigenvalue weighted by Gasteiger charge is 2.35. The van der Waals surface area contributed by atoms with Gasteiger partial charge in [-0.15, -0.1) is 5.10 Å². The molecule has 0 atom stereocenters. The van der Waals surface area contributed by atoms with Crippen LogP contribution in [-0.4, -0.2) is 43.1 Å². The van der Waals surface area contributed by atoms with Crippen LogP contribution in [0.3, 0.4) is 0 Å². The number of pyridine rings is 1. The summed E-state index contributed by atoms with van der Waals surface area (Å²) in [5.41, 5.74) is 1.20. The van der Waals surface area contributed by atoms with Crippen molar-refractivity contribution in [3.8, 4) is 5.69 Å². The van der Waals surface area contributed by atoms with Crippen LogP contribution in [-0.2, 0) is 13.2 Å². The van der Waals surface area contributed by atoms with Gasteiger partial charge in [-0.05, 0) is 45.4 Å². The average molecular weight is 475 g/mol. The first-order valence-corrected chi connectivity index (χ1v) is 10.9. The van der Waals surface area contributed by atoms with E-state index in [1.165, 1.54) is 21.7 Å². The van der Waals surface area contributed by atoms with Crippen molar-refractivity contribution >= 4 is 28.9 Å². The van der Waals surface area contributed by atoms with Gasteiger partial charge >= 0.3 is 5.69 Å². The minimum atomic E-state index is -0.780. The largest absolute Gasteiger partial charge is 0.388 e. The number of anilines is 2. The molecule has 1 amide bonds. The van der Waals surface area contributed by atoms with Crippen molar-refractivity contribution in [2.24, 2.45) is 0 Å². The smallest absolute Gasteiger partial charge is 0.350 e. The highest BCUT2D eigenvalue weighted by Crippen LogP contribution is 2.37. The number of carbonyl (C=O) groups excluding carboxylic acids is 1. The lowest BCUT2D eigenvalue weighted by atomic mass is 10.0. The number of nitrogens with zero attached hydrogens (tertiary/aromatic N) is 6. The van der Waals surface area contributed by atoms with Gasteiger partial charge in [-0.25, -0.2) is 9.18 Å². The fourth-order valence-corrected chi connectivity index (χ4v) is 4.38. The molecule has 4 rings (SSSR count). The molecule has 0 unspecified atom stereocenters. The van der Waals surface area contributed by atoms with E-state index < -0.39 is 24.0 Å². The van der Waals surface area contributed by atoms with Gasteiger partial charge in [0, 0.05) is 25.0 Å². The molecule has 0 radical (unpaired) electrons. The minimum absolute atomic E-state index is 0.0588. The molecule has 1 aliphatic rings. The fourth-order valence-electron chi connectivity index (χ4n) is 4.07. The number of hydrogen-bond acceptors (Lipinski definition) is 6. The van der Waals surface area contributed by atoms with Crippen LogP contribution < -0.4 is 15.5 Å². The molecule has 0 saturated carbocycles. The van der Waals surface area contributed by atoms with Gasteiger partial charge in [0.05, 0.1) is 28.6 Å². The third-order valence-corrected chi connectivity index (χ3v) is 5.99. The second-order valence-corrected chi connectivity index (χ2v) is 8.47. The average Bonchev–Trinajstić information content (AvgIpc) is 3.10. The number of rotatable bonds is 5. The van der Waals surface area contributed by atoms with Crippen molar-refractivity contribution in [1.82, 2.24) is 19.3 Å². The number of benzene rings is 1. The molecule has 0 fully saturated rings. The lowest BCUT2D eigenvalue weighted by Gasteiger charge is -2.41. The van der Waals surface area contributed by atoms with Crippen molar-refractivity contribution in [3.05, 3.63) is 62.8 Å². The SMILES string of the molecule is CCn1c(CO)nn(-c2cc3c(cc2F)C(=O)N(c2c(C)cncc2Cl)CN3C(C)C)c1=O. The summed E-state index contributed by atoms with van der Waals surface area (Å²) in [7, 11) is 0. The topological polar surface area (TPSA) is 96.5 Å². The maximum Gasteiger partial charge on any atom is 0.350 e. The molecule has 3 heterocycles. The van der Waals surface area contributed by atoms with E-state index >= 15 is 4.39 Å². The second-order valence-electron chi connectivity index (χ2n) is 8.06. The molecule has 174 valence electrons. The number of aryl methyl sites for hydroxylation is 1. The molecule has 11 heteroatoms. The molecular weight excluding hydrogens is 451 g/mol. The number of aliphatic hydroxyl groups excluding tert-OH is 1. The summed E-state index contributed by atoms with van der Waals surface area (Å²) in [5.74, 6) is -1.06. The predicted molar refractivity (Wildman–Crippen MR) is 123 cm³/mol. The van der Waals surface area contributed by atoms with Crippen LogP contribution in [0.4, 0.5) is 15.8 Å². The normalized spacial score (nSPS) is 13.8. The standard InChI is InChI=1S/C22H24ClFN6O3/c1-5-27-19(10-31)26-30(22(27)33)18-7-17-14(6-16(18)24)21(32)29(11-28(17)12(2)3)20-13(4)8-25-9-15(20)23/h6-9,12,31H,5,10-11H2,1-4H3. The first-order chi connectivity index (χ1) is 15.7. The third kappa shape index (κ3) is 3.68. The molecule has 1 aliphatic heterocycles. The van der Waals surface area contributed by atoms with Gasteiger partial charge in [0.2, 0.25) is 0 Å². The van der Waals surface area contributed by atoms with Crippen molar-refractivity contribution in [2.75, 3.05) is 16.5 Å². The van der Waals surface area contributed by atoms with Crippen LogP contribution in [0, 0.1) is 12.7 Å². The summed E-state index contributed by atoms with van der Waals surface area (Å²) in [6, 6.07) is 2.52. The van der Waals surface area contributed by atoms with Crippen molar-refractivity contribution in [3.63, 3.8) is 0 Å². The summed E-state index contributed by atoms with van der Waals surface area (Å²) < 4.78 is 17.5. The Morgan fingerprint density at radius 1 is 1.21 bits per heavy atom. The summed E-state index contributed by atoms with van der Waals surface area (Å²) in [6.45, 7) is 7.43. The quantitative estimate of drug-likeness (QED) is 0.610. The van der Waals surface area contributed by atoms with Gasteiger partial charge in [0.1, 0.15) is 18.1 Å². The number of amides is 1. The highest BCUT2D eigenvalue weighted by molar-refractivity contribution is 6.34. The second kappa shape index (κ2) is 8.60. The Morgan fingerprint density at radius 3 is 2.52 bits per heavy atom. The minimum Gasteiger partial charge on any atom is -0.388 e. The van der Waals surface area contributed by atoms with Crippen LogP contribution in [0.2, 0.25) is 5.02 Å². The van der Waals surface area contributed by atoms with Crippen LogP contribution >= 0.6 is 11.6 Å². The van der Waals surface area contributed by atoms with E-state index in [-0.39, 0.29) is 36.3 Å². The van der Waals surface area contributed by atoms with Crippen LogP contribution in [0.1, 0.15) is 42.5 Å². The summed E-state index contributed by atoms with van der Waals surface area (Å²) in [6.07, 6.45) is 3.08. The zero-order valence-electron chi connectivity index (χ0n) is 18.7. The van der Waals surface area contributed by atoms with E-state index in [2.05, 4.69) is 10.1 Å². The Hall–Kier alpha value is -3.24. The van der Waals surface area contributed by atoms with E-state index in [1.807, 2.05) is 18.7 Å². The number of aliphatic hydroxyl groups is 1. The van der Waals surface area contributed by atoms with Crippen molar-refractivity contribution in [1.29, 1.82) is 0 Å². The molecule has 0 bridgehead atoms. The van der Waals surface area contributed by atoms with Crippen LogP contribution in [0.5, 0.6) is 0 Å². The molecule has 3 aromatic rings. The number of carbonyl (C=O) groups is 1. The Balaban J connectivity index is 1.90. The highest BCUT2D eigenvalue weighted by atomic mass is 35.5. The zero-order valence-corrected chi connectivity index (χ0v) is 19.5. The van der Waals surface area contributed by atoms with E-state index in [4.69, 9.17) is 11.6 Å². The first-order valence-electron chi connectivity index (χ1n) is 10.5. The van der Waals surface area contributed by atoms with E-state index in [0.29, 0.717) is 22.0 Å². The maximum atomic E-state index is 15.3. The number of aromatic nitrogens is 4. The van der Waals surface area contributed by atoms with Gasteiger partial charge in [-0.3, -0.25) is 19.2 Å². The monoisotopic (exact) mass is 474 g/mol.